The van der Waals surface area contributed by atoms with Crippen molar-refractivity contribution in [2.75, 3.05) is 0 Å². The van der Waals surface area contributed by atoms with Crippen molar-refractivity contribution >= 4 is 0 Å². The molecule has 3 heteroatoms. The number of fused-ring (bicyclic) bond motifs is 2. The number of rotatable bonds is 0. The van der Waals surface area contributed by atoms with E-state index in [1.54, 1.807) is 33.4 Å². The van der Waals surface area contributed by atoms with E-state index in [1.807, 2.05) is 0 Å². The number of allylic oxidation sites excluding steroid dienone is 8. The minimum absolute atomic E-state index is 0. The first-order valence-electron chi connectivity index (χ1n) is 10.7. The summed E-state index contributed by atoms with van der Waals surface area (Å²) in [7, 11) is 0. The van der Waals surface area contributed by atoms with Crippen LogP contribution >= 0.6 is 0 Å². The summed E-state index contributed by atoms with van der Waals surface area (Å²) in [6, 6.07) is 0. The maximum Gasteiger partial charge on any atom is 4.00 e. The van der Waals surface area contributed by atoms with Gasteiger partial charge in [-0.2, -0.15) is 11.1 Å². The van der Waals surface area contributed by atoms with Crippen LogP contribution in [0.4, 0.5) is 0 Å². The molecule has 4 unspecified atom stereocenters. The molecule has 160 valence electrons. The minimum Gasteiger partial charge on any atom is -1.00 e. The SMILES string of the molecule is CC1=C(C)C(C)C2CC[CH-]C2=C1C.CC1=C(C)C(C)C2CC[CH-]C2=C1C.[Cl-].[Cl-].[Zr+4]. The van der Waals surface area contributed by atoms with Crippen LogP contribution in [-0.2, 0) is 26.2 Å². The quantitative estimate of drug-likeness (QED) is 0.435. The third-order valence-corrected chi connectivity index (χ3v) is 8.23. The minimum atomic E-state index is 0. The second-order valence-corrected chi connectivity index (χ2v) is 9.13. The molecule has 0 amide bonds. The molecule has 0 nitrogen and oxygen atoms in total. The second-order valence-electron chi connectivity index (χ2n) is 9.13. The van der Waals surface area contributed by atoms with Crippen LogP contribution in [0.25, 0.3) is 0 Å². The van der Waals surface area contributed by atoms with Crippen LogP contribution in [0.3, 0.4) is 0 Å². The van der Waals surface area contributed by atoms with Crippen molar-refractivity contribution in [3.8, 4) is 0 Å². The van der Waals surface area contributed by atoms with Crippen molar-refractivity contribution in [1.82, 2.24) is 0 Å². The summed E-state index contributed by atoms with van der Waals surface area (Å²) in [4.78, 5) is 0. The molecule has 0 N–H and O–H groups in total. The zero-order valence-electron chi connectivity index (χ0n) is 19.5. The monoisotopic (exact) mass is 510 g/mol. The Balaban J connectivity index is 0.000000490. The van der Waals surface area contributed by atoms with E-state index in [2.05, 4.69) is 68.2 Å². The van der Waals surface area contributed by atoms with Gasteiger partial charge in [0.2, 0.25) is 0 Å². The Morgan fingerprint density at radius 2 is 0.897 bits per heavy atom. The van der Waals surface area contributed by atoms with Gasteiger partial charge in [-0.1, -0.05) is 51.7 Å². The summed E-state index contributed by atoms with van der Waals surface area (Å²) in [5, 5.41) is 0. The number of hydrogen-bond donors (Lipinski definition) is 0. The molecule has 4 atom stereocenters. The third kappa shape index (κ3) is 5.33. The van der Waals surface area contributed by atoms with Gasteiger partial charge in [-0.25, -0.2) is 24.0 Å². The van der Waals surface area contributed by atoms with E-state index in [-0.39, 0.29) is 51.0 Å². The maximum absolute atomic E-state index is 2.45. The molecule has 4 rings (SSSR count). The van der Waals surface area contributed by atoms with Crippen LogP contribution in [0.2, 0.25) is 0 Å². The van der Waals surface area contributed by atoms with E-state index in [9.17, 15) is 0 Å². The Kier molecular flexibility index (Phi) is 11.8. The van der Waals surface area contributed by atoms with Crippen molar-refractivity contribution < 1.29 is 51.0 Å². The summed E-state index contributed by atoms with van der Waals surface area (Å²) >= 11 is 0. The van der Waals surface area contributed by atoms with E-state index in [1.165, 1.54) is 36.8 Å². The number of hydrogen-bond acceptors (Lipinski definition) is 0. The Bertz CT molecular complexity index is 661. The van der Waals surface area contributed by atoms with Crippen LogP contribution in [0.5, 0.6) is 0 Å². The molecule has 0 heterocycles. The van der Waals surface area contributed by atoms with Crippen molar-refractivity contribution in [2.24, 2.45) is 23.7 Å². The molecule has 4 aliphatic rings. The van der Waals surface area contributed by atoms with E-state index >= 15 is 0 Å². The van der Waals surface area contributed by atoms with Crippen LogP contribution in [0.1, 0.15) is 81.1 Å². The summed E-state index contributed by atoms with van der Waals surface area (Å²) in [6.45, 7) is 18.5. The fourth-order valence-corrected chi connectivity index (χ4v) is 5.66. The third-order valence-electron chi connectivity index (χ3n) is 8.23. The zero-order valence-corrected chi connectivity index (χ0v) is 23.5. The van der Waals surface area contributed by atoms with Crippen LogP contribution < -0.4 is 24.8 Å². The van der Waals surface area contributed by atoms with Crippen molar-refractivity contribution in [3.63, 3.8) is 0 Å². The Morgan fingerprint density at radius 1 is 0.586 bits per heavy atom. The van der Waals surface area contributed by atoms with E-state index in [4.69, 9.17) is 0 Å². The molecule has 2 saturated carbocycles. The van der Waals surface area contributed by atoms with Crippen molar-refractivity contribution in [3.05, 3.63) is 57.4 Å². The fourth-order valence-electron chi connectivity index (χ4n) is 5.66. The summed E-state index contributed by atoms with van der Waals surface area (Å²) in [5.74, 6) is 3.22. The molecule has 4 aliphatic carbocycles. The van der Waals surface area contributed by atoms with E-state index < -0.39 is 0 Å². The van der Waals surface area contributed by atoms with E-state index in [0.29, 0.717) is 0 Å². The molecule has 0 aliphatic heterocycles. The van der Waals surface area contributed by atoms with Gasteiger partial charge < -0.3 is 24.8 Å². The average molecular weight is 513 g/mol. The molecule has 0 aromatic carbocycles. The van der Waals surface area contributed by atoms with Gasteiger partial charge >= 0.3 is 26.2 Å². The Hall–Kier alpha value is 0.163. The summed E-state index contributed by atoms with van der Waals surface area (Å²) in [6.07, 6.45) is 10.2. The predicted molar refractivity (Wildman–Crippen MR) is 115 cm³/mol. The normalized spacial score (nSPS) is 30.1. The maximum atomic E-state index is 2.45. The fraction of sp³-hybridized carbons (Fsp3) is 0.615. The molecule has 29 heavy (non-hydrogen) atoms. The smallest absolute Gasteiger partial charge is 1.00 e. The van der Waals surface area contributed by atoms with Gasteiger partial charge in [0.15, 0.2) is 0 Å². The average Bonchev–Trinajstić information content (AvgIpc) is 3.31. The topological polar surface area (TPSA) is 0 Å². The van der Waals surface area contributed by atoms with Gasteiger partial charge in [-0.15, -0.1) is 37.8 Å². The molecule has 0 aromatic heterocycles. The molecule has 0 saturated heterocycles. The van der Waals surface area contributed by atoms with Gasteiger partial charge in [0.1, 0.15) is 0 Å². The molecule has 0 bridgehead atoms. The van der Waals surface area contributed by atoms with Gasteiger partial charge in [0.05, 0.1) is 0 Å². The van der Waals surface area contributed by atoms with Gasteiger partial charge in [-0.3, -0.25) is 0 Å². The Labute approximate surface area is 212 Å². The molecule has 0 radical (unpaired) electrons. The van der Waals surface area contributed by atoms with Crippen LogP contribution in [-0.4, -0.2) is 0 Å². The van der Waals surface area contributed by atoms with Gasteiger partial charge in [0, 0.05) is 0 Å². The van der Waals surface area contributed by atoms with Crippen molar-refractivity contribution in [2.45, 2.75) is 81.1 Å². The largest absolute Gasteiger partial charge is 4.00 e. The first-order chi connectivity index (χ1) is 12.3. The standard InChI is InChI=1S/2C13H19.2ClH.Zr/c2*1-8-9(2)11(4)13-7-5-6-12(13)10(8)3;;;/h2*6,11,13H,5,7H2,1-4H3;2*1H;/q2*-1;;;+4/p-2. The van der Waals surface area contributed by atoms with Crippen LogP contribution in [0, 0.1) is 36.5 Å². The molecule has 0 aromatic rings. The summed E-state index contributed by atoms with van der Waals surface area (Å²) < 4.78 is 0. The van der Waals surface area contributed by atoms with E-state index in [0.717, 1.165) is 23.7 Å². The Morgan fingerprint density at radius 3 is 1.21 bits per heavy atom. The molecular weight excluding hydrogens is 474 g/mol. The molecule has 2 fully saturated rings. The second kappa shape index (κ2) is 11.7. The molecule has 0 spiro atoms. The predicted octanol–water partition coefficient (Wildman–Crippen LogP) is 1.81. The first-order valence-corrected chi connectivity index (χ1v) is 10.7. The van der Waals surface area contributed by atoms with Gasteiger partial charge in [-0.05, 0) is 37.5 Å². The van der Waals surface area contributed by atoms with Crippen molar-refractivity contribution in [1.29, 1.82) is 0 Å². The summed E-state index contributed by atoms with van der Waals surface area (Å²) in [5.41, 5.74) is 12.7. The van der Waals surface area contributed by atoms with Gasteiger partial charge in [0.25, 0.3) is 0 Å². The number of halogens is 2. The van der Waals surface area contributed by atoms with Crippen LogP contribution in [0.15, 0.2) is 44.6 Å². The zero-order chi connectivity index (χ0) is 19.2. The first kappa shape index (κ1) is 29.2. The molecular formula is C26H38Cl2Zr.